The summed E-state index contributed by atoms with van der Waals surface area (Å²) in [7, 11) is 3.17. The number of pyridine rings is 1. The van der Waals surface area contributed by atoms with E-state index >= 15 is 0 Å². The summed E-state index contributed by atoms with van der Waals surface area (Å²) in [6.45, 7) is 0.735. The van der Waals surface area contributed by atoms with Crippen LogP contribution in [-0.2, 0) is 18.8 Å². The molecule has 0 amide bonds. The number of hydrogen-bond donors (Lipinski definition) is 0. The molecule has 35 heavy (non-hydrogen) atoms. The van der Waals surface area contributed by atoms with Crippen LogP contribution >= 0.6 is 0 Å². The molecule has 182 valence electrons. The average molecular weight is 488 g/mol. The molecule has 0 N–H and O–H groups in total. The van der Waals surface area contributed by atoms with Crippen molar-refractivity contribution >= 4 is 16.7 Å². The summed E-state index contributed by atoms with van der Waals surface area (Å²) < 4.78 is 65.4. The van der Waals surface area contributed by atoms with Crippen LogP contribution in [0.3, 0.4) is 0 Å². The fourth-order valence-corrected chi connectivity index (χ4v) is 4.12. The first-order chi connectivity index (χ1) is 16.5. The molecule has 0 bridgehead atoms. The van der Waals surface area contributed by atoms with Gasteiger partial charge in [0, 0.05) is 37.5 Å². The van der Waals surface area contributed by atoms with Gasteiger partial charge in [-0.3, -0.25) is 14.0 Å². The molecule has 0 spiro atoms. The number of morpholine rings is 1. The Bertz CT molecular complexity index is 1520. The summed E-state index contributed by atoms with van der Waals surface area (Å²) in [4.78, 5) is 23.2. The zero-order valence-corrected chi connectivity index (χ0v) is 19.0. The van der Waals surface area contributed by atoms with Crippen LogP contribution in [0, 0.1) is 18.6 Å². The molecule has 1 atom stereocenters. The van der Waals surface area contributed by atoms with Gasteiger partial charge in [-0.05, 0) is 25.1 Å². The maximum Gasteiger partial charge on any atom is 0.373 e. The molecule has 1 aromatic carbocycles. The number of nitrogens with zero attached hydrogens (tertiary/aromatic N) is 6. The van der Waals surface area contributed by atoms with Gasteiger partial charge in [0.2, 0.25) is 0 Å². The van der Waals surface area contributed by atoms with E-state index in [1.807, 2.05) is 0 Å². The van der Waals surface area contributed by atoms with Gasteiger partial charge in [-0.15, -0.1) is 0 Å². The summed E-state index contributed by atoms with van der Waals surface area (Å²) >= 11 is 0. The van der Waals surface area contributed by atoms with Gasteiger partial charge in [-0.2, -0.15) is 13.9 Å². The lowest BCUT2D eigenvalue weighted by atomic mass is 10.1. The predicted octanol–water partition coefficient (Wildman–Crippen LogP) is 3.49. The highest BCUT2D eigenvalue weighted by atomic mass is 19.3. The number of rotatable bonds is 3. The maximum atomic E-state index is 14.8. The number of halogens is 4. The third kappa shape index (κ3) is 4.14. The molecule has 3 aromatic heterocycles. The Morgan fingerprint density at radius 3 is 2.60 bits per heavy atom. The van der Waals surface area contributed by atoms with E-state index in [0.717, 1.165) is 6.07 Å². The third-order valence-corrected chi connectivity index (χ3v) is 5.96. The zero-order valence-electron chi connectivity index (χ0n) is 19.0. The molecular formula is C23H20F4N6O2. The van der Waals surface area contributed by atoms with Crippen LogP contribution in [0.15, 0.2) is 41.5 Å². The predicted molar refractivity (Wildman–Crippen MR) is 119 cm³/mol. The lowest BCUT2D eigenvalue weighted by molar-refractivity contribution is -0.269. The van der Waals surface area contributed by atoms with Gasteiger partial charge in [-0.1, -0.05) is 0 Å². The highest BCUT2D eigenvalue weighted by molar-refractivity contribution is 5.93. The van der Waals surface area contributed by atoms with Crippen molar-refractivity contribution in [1.29, 1.82) is 0 Å². The normalized spacial score (nSPS) is 17.8. The zero-order chi connectivity index (χ0) is 25.1. The number of ether oxygens (including phenoxy) is 1. The summed E-state index contributed by atoms with van der Waals surface area (Å²) in [5.41, 5.74) is -0.0890. The molecule has 0 saturated carbocycles. The lowest BCUT2D eigenvalue weighted by Crippen LogP contribution is -2.48. The number of aromatic nitrogens is 5. The quantitative estimate of drug-likeness (QED) is 0.411. The van der Waals surface area contributed by atoms with Crippen molar-refractivity contribution in [3.8, 4) is 11.3 Å². The molecule has 1 saturated heterocycles. The lowest BCUT2D eigenvalue weighted by Gasteiger charge is -2.38. The van der Waals surface area contributed by atoms with Gasteiger partial charge in [0.15, 0.2) is 0 Å². The van der Waals surface area contributed by atoms with E-state index in [0.29, 0.717) is 17.5 Å². The number of benzene rings is 1. The summed E-state index contributed by atoms with van der Waals surface area (Å²) in [6.07, 6.45) is -1.57. The average Bonchev–Trinajstić information content (AvgIpc) is 3.23. The van der Waals surface area contributed by atoms with Crippen LogP contribution in [0.4, 0.5) is 23.4 Å². The Balaban J connectivity index is 1.71. The minimum atomic E-state index is -3.53. The van der Waals surface area contributed by atoms with Gasteiger partial charge >= 0.3 is 6.11 Å². The Morgan fingerprint density at radius 1 is 1.14 bits per heavy atom. The molecule has 0 aliphatic carbocycles. The van der Waals surface area contributed by atoms with Crippen LogP contribution in [0.1, 0.15) is 17.5 Å². The van der Waals surface area contributed by atoms with E-state index in [2.05, 4.69) is 15.1 Å². The molecular weight excluding hydrogens is 468 g/mol. The molecule has 8 nitrogen and oxygen atoms in total. The van der Waals surface area contributed by atoms with Crippen LogP contribution in [0.25, 0.3) is 22.2 Å². The number of alkyl halides is 2. The number of fused-ring (bicyclic) bond motifs is 1. The monoisotopic (exact) mass is 488 g/mol. The summed E-state index contributed by atoms with van der Waals surface area (Å²) in [6, 6.07) is 4.27. The Hall–Kier alpha value is -3.80. The highest BCUT2D eigenvalue weighted by Crippen LogP contribution is 2.37. The molecule has 0 radical (unpaired) electrons. The largest absolute Gasteiger partial charge is 0.373 e. The first-order valence-corrected chi connectivity index (χ1v) is 10.7. The topological polar surface area (TPSA) is 78.1 Å². The maximum absolute atomic E-state index is 14.8. The van der Waals surface area contributed by atoms with Crippen molar-refractivity contribution in [2.45, 2.75) is 19.1 Å². The molecule has 5 rings (SSSR count). The van der Waals surface area contributed by atoms with Crippen LogP contribution in [0.2, 0.25) is 0 Å². The Morgan fingerprint density at radius 2 is 1.91 bits per heavy atom. The third-order valence-electron chi connectivity index (χ3n) is 5.96. The Labute approximate surface area is 196 Å². The highest BCUT2D eigenvalue weighted by Gasteiger charge is 2.43. The molecule has 1 aliphatic heterocycles. The van der Waals surface area contributed by atoms with Gasteiger partial charge in [0.1, 0.15) is 47.1 Å². The first kappa shape index (κ1) is 23.0. The van der Waals surface area contributed by atoms with E-state index in [-0.39, 0.29) is 34.5 Å². The second-order valence-electron chi connectivity index (χ2n) is 8.44. The van der Waals surface area contributed by atoms with E-state index in [1.165, 1.54) is 39.5 Å². The van der Waals surface area contributed by atoms with Crippen molar-refractivity contribution in [2.24, 2.45) is 14.1 Å². The minimum absolute atomic E-state index is 0.0100. The van der Waals surface area contributed by atoms with Crippen molar-refractivity contribution < 1.29 is 22.3 Å². The SMILES string of the molecule is Cc1nc2c(-c3ccc(F)cc3F)nc(N3C[C@H](c4cnn(C)c4)OC(F)(F)C3)cc2c(=O)n1C. The van der Waals surface area contributed by atoms with Crippen molar-refractivity contribution in [3.63, 3.8) is 0 Å². The van der Waals surface area contributed by atoms with E-state index in [9.17, 15) is 22.4 Å². The molecule has 0 unspecified atom stereocenters. The number of hydrogen-bond acceptors (Lipinski definition) is 6. The van der Waals surface area contributed by atoms with E-state index < -0.39 is 36.0 Å². The summed E-state index contributed by atoms with van der Waals surface area (Å²) in [5, 5.41) is 4.08. The van der Waals surface area contributed by atoms with Crippen molar-refractivity contribution in [3.05, 3.63) is 70.0 Å². The number of anilines is 1. The van der Waals surface area contributed by atoms with Crippen molar-refractivity contribution in [1.82, 2.24) is 24.3 Å². The Kier molecular flexibility index (Phi) is 5.35. The molecule has 1 fully saturated rings. The number of aryl methyl sites for hydroxylation is 2. The van der Waals surface area contributed by atoms with Gasteiger partial charge in [0.05, 0.1) is 18.1 Å². The second kappa shape index (κ2) is 8.15. The van der Waals surface area contributed by atoms with Gasteiger partial charge in [-0.25, -0.2) is 18.7 Å². The van der Waals surface area contributed by atoms with E-state index in [1.54, 1.807) is 20.2 Å². The molecule has 1 aliphatic rings. The van der Waals surface area contributed by atoms with Crippen LogP contribution in [0.5, 0.6) is 0 Å². The van der Waals surface area contributed by atoms with Crippen LogP contribution in [-0.4, -0.2) is 43.5 Å². The van der Waals surface area contributed by atoms with Crippen molar-refractivity contribution in [2.75, 3.05) is 18.0 Å². The smallest absolute Gasteiger partial charge is 0.345 e. The molecule has 4 heterocycles. The fourth-order valence-electron chi connectivity index (χ4n) is 4.12. The van der Waals surface area contributed by atoms with E-state index in [4.69, 9.17) is 4.74 Å². The van der Waals surface area contributed by atoms with Crippen LogP contribution < -0.4 is 10.5 Å². The van der Waals surface area contributed by atoms with Gasteiger partial charge in [0.25, 0.3) is 5.56 Å². The second-order valence-corrected chi connectivity index (χ2v) is 8.44. The molecule has 4 aromatic rings. The fraction of sp³-hybridized carbons (Fsp3) is 0.304. The summed E-state index contributed by atoms with van der Waals surface area (Å²) in [5.74, 6) is -1.36. The first-order valence-electron chi connectivity index (χ1n) is 10.7. The molecule has 12 heteroatoms. The van der Waals surface area contributed by atoms with Gasteiger partial charge < -0.3 is 9.64 Å². The minimum Gasteiger partial charge on any atom is -0.345 e. The standard InChI is InChI=1S/C23H20F4N6O2/c1-12-29-21-16(22(34)32(12)3)7-19(30-20(21)15-5-4-14(24)6-17(15)25)33-10-18(35-23(26,27)11-33)13-8-28-31(2)9-13/h4-9,18H,10-11H2,1-3H3/t18-/m1/s1.